The van der Waals surface area contributed by atoms with Crippen molar-refractivity contribution in [2.45, 2.75) is 52.9 Å². The Morgan fingerprint density at radius 3 is 2.50 bits per heavy atom. The summed E-state index contributed by atoms with van der Waals surface area (Å²) in [5.74, 6) is 0.178. The number of thiophene rings is 1. The summed E-state index contributed by atoms with van der Waals surface area (Å²) in [6.45, 7) is 8.40. The summed E-state index contributed by atoms with van der Waals surface area (Å²) < 4.78 is 0. The number of nitriles is 1. The van der Waals surface area contributed by atoms with E-state index in [-0.39, 0.29) is 17.1 Å². The molecule has 1 unspecified atom stereocenters. The van der Waals surface area contributed by atoms with Gasteiger partial charge in [0.2, 0.25) is 0 Å². The highest BCUT2D eigenvalue weighted by Gasteiger charge is 2.45. The minimum Gasteiger partial charge on any atom is -0.384 e. The number of anilines is 1. The molecule has 2 N–H and O–H groups in total. The van der Waals surface area contributed by atoms with Gasteiger partial charge < -0.3 is 5.73 Å². The van der Waals surface area contributed by atoms with Gasteiger partial charge in [0.25, 0.3) is 0 Å². The first-order chi connectivity index (χ1) is 14.3. The molecule has 0 amide bonds. The summed E-state index contributed by atoms with van der Waals surface area (Å²) in [5.41, 5.74) is 10.7. The second kappa shape index (κ2) is 7.45. The SMILES string of the molecule is CCc1ccc(C2C(C#N)=C(N)N(c3ccc(C)cc3)C3=C2C(=O)CC(C)(C)C3)s1. The van der Waals surface area contributed by atoms with Crippen LogP contribution < -0.4 is 10.6 Å². The fourth-order valence-corrected chi connectivity index (χ4v) is 5.59. The highest BCUT2D eigenvalue weighted by atomic mass is 32.1. The first kappa shape index (κ1) is 20.4. The lowest BCUT2D eigenvalue weighted by Crippen LogP contribution is -2.42. The Kier molecular flexibility index (Phi) is 5.07. The molecule has 5 heteroatoms. The van der Waals surface area contributed by atoms with Crippen LogP contribution in [0.2, 0.25) is 0 Å². The number of hydrogen-bond donors (Lipinski definition) is 1. The maximum Gasteiger partial charge on any atom is 0.162 e. The van der Waals surface area contributed by atoms with E-state index in [9.17, 15) is 10.1 Å². The predicted molar refractivity (Wildman–Crippen MR) is 122 cm³/mol. The smallest absolute Gasteiger partial charge is 0.162 e. The van der Waals surface area contributed by atoms with E-state index in [0.29, 0.717) is 17.8 Å². The van der Waals surface area contributed by atoms with E-state index in [1.54, 1.807) is 11.3 Å². The Hall–Kier alpha value is -2.84. The van der Waals surface area contributed by atoms with Gasteiger partial charge in [0, 0.05) is 33.1 Å². The van der Waals surface area contributed by atoms with Gasteiger partial charge in [-0.25, -0.2) is 0 Å². The molecular weight excluding hydrogens is 390 g/mol. The Morgan fingerprint density at radius 1 is 1.20 bits per heavy atom. The van der Waals surface area contributed by atoms with Gasteiger partial charge in [0.1, 0.15) is 5.82 Å². The lowest BCUT2D eigenvalue weighted by Gasteiger charge is -2.43. The van der Waals surface area contributed by atoms with Crippen molar-refractivity contribution in [1.82, 2.24) is 0 Å². The maximum atomic E-state index is 13.5. The predicted octanol–water partition coefficient (Wildman–Crippen LogP) is 5.56. The number of Topliss-reactive ketones (excluding diaryl/α,β-unsaturated/α-hetero) is 1. The van der Waals surface area contributed by atoms with Gasteiger partial charge in [-0.1, -0.05) is 38.5 Å². The van der Waals surface area contributed by atoms with Crippen molar-refractivity contribution in [1.29, 1.82) is 5.26 Å². The van der Waals surface area contributed by atoms with Crippen molar-refractivity contribution in [2.75, 3.05) is 4.90 Å². The molecule has 1 aliphatic carbocycles. The Labute approximate surface area is 182 Å². The Morgan fingerprint density at radius 2 is 1.90 bits per heavy atom. The molecule has 1 aromatic heterocycles. The van der Waals surface area contributed by atoms with Gasteiger partial charge in [0.05, 0.1) is 17.6 Å². The molecule has 0 fully saturated rings. The number of nitrogens with two attached hydrogens (primary N) is 1. The molecule has 2 aromatic rings. The van der Waals surface area contributed by atoms with Crippen LogP contribution in [0.25, 0.3) is 0 Å². The molecule has 0 spiro atoms. The van der Waals surface area contributed by atoms with Gasteiger partial charge in [-0.15, -0.1) is 11.3 Å². The summed E-state index contributed by atoms with van der Waals surface area (Å²) in [5, 5.41) is 10.1. The quantitative estimate of drug-likeness (QED) is 0.710. The van der Waals surface area contributed by atoms with Crippen LogP contribution in [0.4, 0.5) is 5.69 Å². The van der Waals surface area contributed by atoms with Crippen molar-refractivity contribution < 1.29 is 4.79 Å². The fourth-order valence-electron chi connectivity index (χ4n) is 4.52. The van der Waals surface area contributed by atoms with E-state index in [1.165, 1.54) is 4.88 Å². The van der Waals surface area contributed by atoms with Crippen LogP contribution in [0.1, 0.15) is 54.8 Å². The molecule has 0 saturated heterocycles. The minimum absolute atomic E-state index is 0.120. The number of hydrogen-bond acceptors (Lipinski definition) is 5. The lowest BCUT2D eigenvalue weighted by molar-refractivity contribution is -0.118. The molecule has 30 heavy (non-hydrogen) atoms. The molecule has 1 atom stereocenters. The van der Waals surface area contributed by atoms with E-state index in [1.807, 2.05) is 36.1 Å². The lowest BCUT2D eigenvalue weighted by atomic mass is 9.69. The minimum atomic E-state index is -0.374. The zero-order valence-electron chi connectivity index (χ0n) is 18.0. The zero-order chi connectivity index (χ0) is 21.6. The van der Waals surface area contributed by atoms with Crippen molar-refractivity contribution >= 4 is 22.8 Å². The summed E-state index contributed by atoms with van der Waals surface area (Å²) >= 11 is 1.67. The number of carbonyl (C=O) groups is 1. The van der Waals surface area contributed by atoms with Crippen LogP contribution in [-0.2, 0) is 11.2 Å². The second-order valence-corrected chi connectivity index (χ2v) is 10.2. The molecule has 2 heterocycles. The van der Waals surface area contributed by atoms with Crippen molar-refractivity contribution in [2.24, 2.45) is 11.1 Å². The number of rotatable bonds is 3. The van der Waals surface area contributed by atoms with E-state index >= 15 is 0 Å². The van der Waals surface area contributed by atoms with Crippen LogP contribution >= 0.6 is 11.3 Å². The van der Waals surface area contributed by atoms with Gasteiger partial charge in [-0.05, 0) is 49.4 Å². The first-order valence-electron chi connectivity index (χ1n) is 10.4. The average molecular weight is 418 g/mol. The summed E-state index contributed by atoms with van der Waals surface area (Å²) in [4.78, 5) is 17.7. The molecule has 0 saturated carbocycles. The second-order valence-electron chi connectivity index (χ2n) is 8.97. The molecule has 4 nitrogen and oxygen atoms in total. The van der Waals surface area contributed by atoms with E-state index in [2.05, 4.69) is 39.0 Å². The van der Waals surface area contributed by atoms with Crippen LogP contribution in [0, 0.1) is 23.7 Å². The molecule has 1 aliphatic heterocycles. The number of aryl methyl sites for hydroxylation is 2. The zero-order valence-corrected chi connectivity index (χ0v) is 18.8. The highest BCUT2D eigenvalue weighted by Crippen LogP contribution is 2.51. The van der Waals surface area contributed by atoms with Crippen molar-refractivity contribution in [3.05, 3.63) is 74.4 Å². The third-order valence-corrected chi connectivity index (χ3v) is 7.28. The third kappa shape index (κ3) is 3.36. The summed E-state index contributed by atoms with van der Waals surface area (Å²) in [7, 11) is 0. The van der Waals surface area contributed by atoms with E-state index in [4.69, 9.17) is 5.73 Å². The monoisotopic (exact) mass is 417 g/mol. The standard InChI is InChI=1S/C25H27N3OS/c1-5-17-10-11-21(30-17)22-18(14-26)24(27)28(16-8-6-15(2)7-9-16)19-12-25(3,4)13-20(29)23(19)22/h6-11,22H,5,12-13,27H2,1-4H3. The molecular formula is C25H27N3OS. The maximum absolute atomic E-state index is 13.5. The van der Waals surface area contributed by atoms with Crippen LogP contribution in [0.3, 0.4) is 0 Å². The average Bonchev–Trinajstić information content (AvgIpc) is 3.16. The number of allylic oxidation sites excluding steroid dienone is 3. The third-order valence-electron chi connectivity index (χ3n) is 5.99. The first-order valence-corrected chi connectivity index (χ1v) is 11.2. The molecule has 0 radical (unpaired) electrons. The van der Waals surface area contributed by atoms with Crippen LogP contribution in [0.15, 0.2) is 59.1 Å². The number of nitrogens with zero attached hydrogens (tertiary/aromatic N) is 2. The largest absolute Gasteiger partial charge is 0.384 e. The molecule has 0 bridgehead atoms. The normalized spacial score (nSPS) is 21.0. The van der Waals surface area contributed by atoms with Gasteiger partial charge >= 0.3 is 0 Å². The van der Waals surface area contributed by atoms with Gasteiger partial charge in [-0.3, -0.25) is 9.69 Å². The Bertz CT molecular complexity index is 1110. The van der Waals surface area contributed by atoms with Crippen LogP contribution in [-0.4, -0.2) is 5.78 Å². The molecule has 2 aliphatic rings. The number of carbonyl (C=O) groups excluding carboxylic acids is 1. The van der Waals surface area contributed by atoms with Crippen molar-refractivity contribution in [3.8, 4) is 6.07 Å². The summed E-state index contributed by atoms with van der Waals surface area (Å²) in [6, 6.07) is 14.6. The van der Waals surface area contributed by atoms with Crippen molar-refractivity contribution in [3.63, 3.8) is 0 Å². The highest BCUT2D eigenvalue weighted by molar-refractivity contribution is 7.12. The Balaban J connectivity index is 1.97. The summed E-state index contributed by atoms with van der Waals surface area (Å²) in [6.07, 6.45) is 2.15. The molecule has 1 aromatic carbocycles. The fraction of sp³-hybridized carbons (Fsp3) is 0.360. The topological polar surface area (TPSA) is 70.1 Å². The number of ketones is 1. The van der Waals surface area contributed by atoms with E-state index in [0.717, 1.165) is 40.2 Å². The molecule has 154 valence electrons. The molecule has 4 rings (SSSR count). The van der Waals surface area contributed by atoms with Crippen LogP contribution in [0.5, 0.6) is 0 Å². The van der Waals surface area contributed by atoms with E-state index < -0.39 is 0 Å². The van der Waals surface area contributed by atoms with Gasteiger partial charge in [0.15, 0.2) is 5.78 Å². The van der Waals surface area contributed by atoms with Gasteiger partial charge in [-0.2, -0.15) is 5.26 Å². The number of benzene rings is 1.